The summed E-state index contributed by atoms with van der Waals surface area (Å²) in [5.41, 5.74) is 2.04. The van der Waals surface area contributed by atoms with Crippen molar-refractivity contribution in [3.8, 4) is 0 Å². The molecule has 4 heteroatoms. The van der Waals surface area contributed by atoms with Crippen LogP contribution in [0.4, 0.5) is 5.69 Å². The van der Waals surface area contributed by atoms with Crippen LogP contribution < -0.4 is 5.32 Å². The molecule has 0 saturated carbocycles. The number of carbonyl (C=O) groups excluding carboxylic acids is 1. The molecule has 0 fully saturated rings. The number of anilines is 1. The second-order valence-electron chi connectivity index (χ2n) is 5.85. The van der Waals surface area contributed by atoms with E-state index in [1.807, 2.05) is 30.3 Å². The van der Waals surface area contributed by atoms with Crippen LogP contribution in [0.15, 0.2) is 54.6 Å². The SMILES string of the molecule is CC(C)N(CCC(=O)Nc1ccc(Cl)cc1)Cc1ccccc1. The van der Waals surface area contributed by atoms with Gasteiger partial charge in [0.05, 0.1) is 0 Å². The molecule has 2 rings (SSSR count). The van der Waals surface area contributed by atoms with Gasteiger partial charge in [-0.2, -0.15) is 0 Å². The molecular formula is C19H23ClN2O. The van der Waals surface area contributed by atoms with E-state index >= 15 is 0 Å². The molecule has 0 aliphatic carbocycles. The lowest BCUT2D eigenvalue weighted by Gasteiger charge is -2.26. The van der Waals surface area contributed by atoms with Crippen LogP contribution in [0.25, 0.3) is 0 Å². The van der Waals surface area contributed by atoms with Crippen molar-refractivity contribution in [2.45, 2.75) is 32.9 Å². The maximum atomic E-state index is 12.1. The highest BCUT2D eigenvalue weighted by Gasteiger charge is 2.12. The Morgan fingerprint density at radius 2 is 1.74 bits per heavy atom. The molecule has 0 aliphatic rings. The van der Waals surface area contributed by atoms with Gasteiger partial charge < -0.3 is 5.32 Å². The van der Waals surface area contributed by atoms with Crippen molar-refractivity contribution in [2.75, 3.05) is 11.9 Å². The highest BCUT2D eigenvalue weighted by atomic mass is 35.5. The standard InChI is InChI=1S/C19H23ClN2O/c1-15(2)22(14-16-6-4-3-5-7-16)13-12-19(23)21-18-10-8-17(20)9-11-18/h3-11,15H,12-14H2,1-2H3,(H,21,23). The zero-order chi connectivity index (χ0) is 16.7. The zero-order valence-corrected chi connectivity index (χ0v) is 14.4. The van der Waals surface area contributed by atoms with Crippen molar-refractivity contribution in [3.05, 3.63) is 65.2 Å². The van der Waals surface area contributed by atoms with E-state index in [2.05, 4.69) is 36.2 Å². The molecule has 0 heterocycles. The summed E-state index contributed by atoms with van der Waals surface area (Å²) in [6.45, 7) is 5.89. The van der Waals surface area contributed by atoms with E-state index in [1.54, 1.807) is 12.1 Å². The van der Waals surface area contributed by atoms with Crippen molar-refractivity contribution in [1.82, 2.24) is 4.90 Å². The van der Waals surface area contributed by atoms with Gasteiger partial charge in [-0.3, -0.25) is 9.69 Å². The minimum absolute atomic E-state index is 0.0195. The molecule has 0 spiro atoms. The van der Waals surface area contributed by atoms with Crippen LogP contribution in [0.3, 0.4) is 0 Å². The van der Waals surface area contributed by atoms with Gasteiger partial charge in [0.25, 0.3) is 0 Å². The average molecular weight is 331 g/mol. The number of hydrogen-bond donors (Lipinski definition) is 1. The molecule has 3 nitrogen and oxygen atoms in total. The third-order valence-corrected chi connectivity index (χ3v) is 3.96. The van der Waals surface area contributed by atoms with E-state index in [9.17, 15) is 4.79 Å². The quantitative estimate of drug-likeness (QED) is 0.806. The molecule has 0 aliphatic heterocycles. The van der Waals surface area contributed by atoms with Crippen molar-refractivity contribution in [1.29, 1.82) is 0 Å². The van der Waals surface area contributed by atoms with Crippen LogP contribution in [0.5, 0.6) is 0 Å². The molecule has 1 amide bonds. The Labute approximate surface area is 143 Å². The average Bonchev–Trinajstić information content (AvgIpc) is 2.54. The first kappa shape index (κ1) is 17.5. The van der Waals surface area contributed by atoms with E-state index in [0.717, 1.165) is 18.8 Å². The fraction of sp³-hybridized carbons (Fsp3) is 0.316. The third-order valence-electron chi connectivity index (χ3n) is 3.71. The monoisotopic (exact) mass is 330 g/mol. The molecule has 23 heavy (non-hydrogen) atoms. The van der Waals surface area contributed by atoms with Crippen molar-refractivity contribution >= 4 is 23.2 Å². The number of rotatable bonds is 7. The van der Waals surface area contributed by atoms with Crippen LogP contribution in [0, 0.1) is 0 Å². The van der Waals surface area contributed by atoms with Crippen molar-refractivity contribution in [2.24, 2.45) is 0 Å². The number of carbonyl (C=O) groups is 1. The predicted molar refractivity (Wildman–Crippen MR) is 96.7 cm³/mol. The van der Waals surface area contributed by atoms with Crippen LogP contribution in [0.1, 0.15) is 25.8 Å². The topological polar surface area (TPSA) is 32.3 Å². The maximum Gasteiger partial charge on any atom is 0.225 e. The summed E-state index contributed by atoms with van der Waals surface area (Å²) in [6, 6.07) is 17.9. The van der Waals surface area contributed by atoms with Gasteiger partial charge >= 0.3 is 0 Å². The molecule has 0 aromatic heterocycles. The van der Waals surface area contributed by atoms with Gasteiger partial charge in [0.15, 0.2) is 0 Å². The van der Waals surface area contributed by atoms with E-state index in [0.29, 0.717) is 17.5 Å². The number of hydrogen-bond acceptors (Lipinski definition) is 2. The summed E-state index contributed by atoms with van der Waals surface area (Å²) in [5.74, 6) is 0.0195. The molecule has 0 saturated heterocycles. The lowest BCUT2D eigenvalue weighted by molar-refractivity contribution is -0.116. The smallest absolute Gasteiger partial charge is 0.225 e. The van der Waals surface area contributed by atoms with E-state index < -0.39 is 0 Å². The Bertz CT molecular complexity index is 611. The number of benzene rings is 2. The fourth-order valence-corrected chi connectivity index (χ4v) is 2.47. The summed E-state index contributed by atoms with van der Waals surface area (Å²) in [7, 11) is 0. The Balaban J connectivity index is 1.85. The highest BCUT2D eigenvalue weighted by Crippen LogP contribution is 2.14. The molecular weight excluding hydrogens is 308 g/mol. The first-order chi connectivity index (χ1) is 11.0. The van der Waals surface area contributed by atoms with Gasteiger partial charge in [-0.1, -0.05) is 41.9 Å². The Kier molecular flexibility index (Phi) is 6.63. The summed E-state index contributed by atoms with van der Waals surface area (Å²) in [6.07, 6.45) is 0.466. The Morgan fingerprint density at radius 3 is 2.35 bits per heavy atom. The van der Waals surface area contributed by atoms with Gasteiger partial charge in [-0.05, 0) is 43.7 Å². The largest absolute Gasteiger partial charge is 0.326 e. The Hall–Kier alpha value is -1.84. The number of nitrogens with zero attached hydrogens (tertiary/aromatic N) is 1. The van der Waals surface area contributed by atoms with Crippen LogP contribution >= 0.6 is 11.6 Å². The molecule has 122 valence electrons. The van der Waals surface area contributed by atoms with Crippen molar-refractivity contribution < 1.29 is 4.79 Å². The molecule has 2 aromatic rings. The number of amides is 1. The van der Waals surface area contributed by atoms with Crippen LogP contribution in [-0.4, -0.2) is 23.4 Å². The normalized spacial score (nSPS) is 11.0. The first-order valence-corrected chi connectivity index (χ1v) is 8.26. The summed E-state index contributed by atoms with van der Waals surface area (Å²) in [4.78, 5) is 14.4. The van der Waals surface area contributed by atoms with E-state index in [4.69, 9.17) is 11.6 Å². The van der Waals surface area contributed by atoms with Crippen LogP contribution in [0.2, 0.25) is 5.02 Å². The second-order valence-corrected chi connectivity index (χ2v) is 6.29. The fourth-order valence-electron chi connectivity index (χ4n) is 2.34. The Morgan fingerprint density at radius 1 is 1.09 bits per heavy atom. The van der Waals surface area contributed by atoms with Crippen LogP contribution in [-0.2, 0) is 11.3 Å². The van der Waals surface area contributed by atoms with Gasteiger partial charge in [-0.15, -0.1) is 0 Å². The molecule has 2 aromatic carbocycles. The highest BCUT2D eigenvalue weighted by molar-refractivity contribution is 6.30. The van der Waals surface area contributed by atoms with Gasteiger partial charge in [0.1, 0.15) is 0 Å². The van der Waals surface area contributed by atoms with E-state index in [1.165, 1.54) is 5.56 Å². The minimum atomic E-state index is 0.0195. The molecule has 1 N–H and O–H groups in total. The molecule has 0 atom stereocenters. The summed E-state index contributed by atoms with van der Waals surface area (Å²) in [5, 5.41) is 3.57. The number of nitrogens with one attached hydrogen (secondary N) is 1. The second kappa shape index (κ2) is 8.70. The van der Waals surface area contributed by atoms with Gasteiger partial charge in [-0.25, -0.2) is 0 Å². The molecule has 0 radical (unpaired) electrons. The lowest BCUT2D eigenvalue weighted by Crippen LogP contribution is -2.33. The van der Waals surface area contributed by atoms with Gasteiger partial charge in [0.2, 0.25) is 5.91 Å². The third kappa shape index (κ3) is 6.05. The summed E-state index contributed by atoms with van der Waals surface area (Å²) >= 11 is 5.84. The zero-order valence-electron chi connectivity index (χ0n) is 13.6. The lowest BCUT2D eigenvalue weighted by atomic mass is 10.2. The maximum absolute atomic E-state index is 12.1. The van der Waals surface area contributed by atoms with E-state index in [-0.39, 0.29) is 5.91 Å². The predicted octanol–water partition coefficient (Wildman–Crippen LogP) is 4.58. The van der Waals surface area contributed by atoms with Gasteiger partial charge in [0, 0.05) is 36.3 Å². The first-order valence-electron chi connectivity index (χ1n) is 7.88. The minimum Gasteiger partial charge on any atom is -0.326 e. The summed E-state index contributed by atoms with van der Waals surface area (Å²) < 4.78 is 0. The molecule has 0 bridgehead atoms. The number of halogens is 1. The molecule has 0 unspecified atom stereocenters. The van der Waals surface area contributed by atoms with Crippen molar-refractivity contribution in [3.63, 3.8) is 0 Å².